The van der Waals surface area contributed by atoms with E-state index in [1.807, 2.05) is 7.05 Å². The van der Waals surface area contributed by atoms with Crippen LogP contribution < -0.4 is 5.32 Å². The van der Waals surface area contributed by atoms with Gasteiger partial charge in [0.1, 0.15) is 0 Å². The van der Waals surface area contributed by atoms with Crippen LogP contribution in [0.3, 0.4) is 0 Å². The molecule has 0 saturated carbocycles. The van der Waals surface area contributed by atoms with Gasteiger partial charge in [0.2, 0.25) is 0 Å². The Hall–Kier alpha value is -0.160. The molecule has 1 heterocycles. The molecule has 0 fully saturated rings. The molecular weight excluding hydrogens is 362 g/mol. The van der Waals surface area contributed by atoms with Crippen LogP contribution in [0.1, 0.15) is 22.0 Å². The lowest BCUT2D eigenvalue weighted by atomic mass is 10.0. The number of nitrogens with one attached hydrogen (secondary N) is 1. The molecule has 4 heteroatoms. The smallest absolute Gasteiger partial charge is 0.0683 e. The summed E-state index contributed by atoms with van der Waals surface area (Å²) in [6.45, 7) is 2.15. The van der Waals surface area contributed by atoms with E-state index in [2.05, 4.69) is 73.7 Å². The lowest BCUT2D eigenvalue weighted by molar-refractivity contribution is 0.696. The van der Waals surface area contributed by atoms with Gasteiger partial charge in [0.25, 0.3) is 0 Å². The predicted molar refractivity (Wildman–Crippen MR) is 81.8 cm³/mol. The van der Waals surface area contributed by atoms with E-state index >= 15 is 0 Å². The van der Waals surface area contributed by atoms with Crippen molar-refractivity contribution in [1.29, 1.82) is 0 Å². The first kappa shape index (κ1) is 13.3. The normalized spacial score (nSPS) is 12.7. The third kappa shape index (κ3) is 2.81. The van der Waals surface area contributed by atoms with Crippen molar-refractivity contribution in [3.05, 3.63) is 54.6 Å². The zero-order chi connectivity index (χ0) is 12.4. The van der Waals surface area contributed by atoms with E-state index in [0.717, 1.165) is 4.47 Å². The van der Waals surface area contributed by atoms with Crippen LogP contribution in [0.25, 0.3) is 0 Å². The molecule has 0 aliphatic carbocycles. The standard InChI is InChI=1S/C13H13Br2NS/c1-8-3-4-9(14)7-10(8)12(16-2)13-11(15)5-6-17-13/h3-7,12,16H,1-2H3. The summed E-state index contributed by atoms with van der Waals surface area (Å²) in [6.07, 6.45) is 0. The van der Waals surface area contributed by atoms with Gasteiger partial charge in [-0.2, -0.15) is 0 Å². The molecule has 0 bridgehead atoms. The number of benzene rings is 1. The van der Waals surface area contributed by atoms with Gasteiger partial charge < -0.3 is 5.32 Å². The molecule has 90 valence electrons. The van der Waals surface area contributed by atoms with Gasteiger partial charge in [0, 0.05) is 13.8 Å². The minimum absolute atomic E-state index is 0.238. The molecule has 2 rings (SSSR count). The van der Waals surface area contributed by atoms with Crippen LogP contribution in [-0.4, -0.2) is 7.05 Å². The average Bonchev–Trinajstić information content (AvgIpc) is 2.71. The second-order valence-electron chi connectivity index (χ2n) is 3.86. The fraction of sp³-hybridized carbons (Fsp3) is 0.231. The Labute approximate surface area is 123 Å². The first-order chi connectivity index (χ1) is 8.13. The van der Waals surface area contributed by atoms with Crippen LogP contribution in [0.4, 0.5) is 0 Å². The molecule has 1 atom stereocenters. The zero-order valence-corrected chi connectivity index (χ0v) is 13.6. The average molecular weight is 375 g/mol. The Morgan fingerprint density at radius 2 is 2.00 bits per heavy atom. The maximum Gasteiger partial charge on any atom is 0.0683 e. The van der Waals surface area contributed by atoms with E-state index in [-0.39, 0.29) is 6.04 Å². The molecule has 0 radical (unpaired) electrons. The maximum absolute atomic E-state index is 3.61. The molecule has 1 aromatic carbocycles. The van der Waals surface area contributed by atoms with Crippen LogP contribution in [0.15, 0.2) is 38.6 Å². The Morgan fingerprint density at radius 3 is 2.59 bits per heavy atom. The number of thiophene rings is 1. The van der Waals surface area contributed by atoms with E-state index < -0.39 is 0 Å². The van der Waals surface area contributed by atoms with Crippen molar-refractivity contribution >= 4 is 43.2 Å². The lowest BCUT2D eigenvalue weighted by Crippen LogP contribution is -2.18. The second-order valence-corrected chi connectivity index (χ2v) is 6.57. The summed E-state index contributed by atoms with van der Waals surface area (Å²) in [7, 11) is 2.00. The van der Waals surface area contributed by atoms with Gasteiger partial charge in [-0.1, -0.05) is 22.0 Å². The Bertz CT molecular complexity index is 522. The molecule has 17 heavy (non-hydrogen) atoms. The highest BCUT2D eigenvalue weighted by Gasteiger charge is 2.18. The third-order valence-electron chi connectivity index (χ3n) is 2.75. The summed E-state index contributed by atoms with van der Waals surface area (Å²) >= 11 is 8.91. The van der Waals surface area contributed by atoms with Gasteiger partial charge in [-0.25, -0.2) is 0 Å². The van der Waals surface area contributed by atoms with E-state index in [9.17, 15) is 0 Å². The molecule has 0 amide bonds. The third-order valence-corrected chi connectivity index (χ3v) is 5.18. The highest BCUT2D eigenvalue weighted by molar-refractivity contribution is 9.10. The van der Waals surface area contributed by atoms with Crippen molar-refractivity contribution in [2.75, 3.05) is 7.05 Å². The van der Waals surface area contributed by atoms with Crippen LogP contribution in [0.5, 0.6) is 0 Å². The van der Waals surface area contributed by atoms with Gasteiger partial charge in [-0.15, -0.1) is 11.3 Å². The highest BCUT2D eigenvalue weighted by Crippen LogP contribution is 2.35. The number of rotatable bonds is 3. The van der Waals surface area contributed by atoms with Crippen molar-refractivity contribution in [2.24, 2.45) is 0 Å². The number of hydrogen-bond acceptors (Lipinski definition) is 2. The van der Waals surface area contributed by atoms with E-state index in [4.69, 9.17) is 0 Å². The Balaban J connectivity index is 2.49. The zero-order valence-electron chi connectivity index (χ0n) is 9.63. The predicted octanol–water partition coefficient (Wildman–Crippen LogP) is 4.89. The van der Waals surface area contributed by atoms with E-state index in [0.29, 0.717) is 0 Å². The summed E-state index contributed by atoms with van der Waals surface area (Å²) in [5.41, 5.74) is 2.61. The van der Waals surface area contributed by atoms with Crippen LogP contribution >= 0.6 is 43.2 Å². The molecule has 0 spiro atoms. The quantitative estimate of drug-likeness (QED) is 0.806. The summed E-state index contributed by atoms with van der Waals surface area (Å²) in [5.74, 6) is 0. The second kappa shape index (κ2) is 5.65. The largest absolute Gasteiger partial charge is 0.309 e. The fourth-order valence-electron chi connectivity index (χ4n) is 1.86. The molecule has 1 aromatic heterocycles. The van der Waals surface area contributed by atoms with Crippen LogP contribution in [0.2, 0.25) is 0 Å². The highest BCUT2D eigenvalue weighted by atomic mass is 79.9. The number of aryl methyl sites for hydroxylation is 1. The van der Waals surface area contributed by atoms with E-state index in [1.54, 1.807) is 11.3 Å². The Kier molecular flexibility index (Phi) is 4.42. The van der Waals surface area contributed by atoms with Gasteiger partial charge in [-0.3, -0.25) is 0 Å². The summed E-state index contributed by atoms with van der Waals surface area (Å²) in [4.78, 5) is 1.31. The lowest BCUT2D eigenvalue weighted by Gasteiger charge is -2.18. The first-order valence-electron chi connectivity index (χ1n) is 5.29. The molecule has 2 aromatic rings. The monoisotopic (exact) mass is 373 g/mol. The minimum atomic E-state index is 0.238. The van der Waals surface area contributed by atoms with Crippen LogP contribution in [-0.2, 0) is 0 Å². The fourth-order valence-corrected chi connectivity index (χ4v) is 3.97. The van der Waals surface area contributed by atoms with Crippen LogP contribution in [0, 0.1) is 6.92 Å². The molecule has 1 unspecified atom stereocenters. The number of hydrogen-bond donors (Lipinski definition) is 1. The molecule has 0 aliphatic rings. The van der Waals surface area contributed by atoms with Crippen molar-refractivity contribution in [1.82, 2.24) is 5.32 Å². The van der Waals surface area contributed by atoms with E-state index in [1.165, 1.54) is 20.5 Å². The minimum Gasteiger partial charge on any atom is -0.309 e. The number of halogens is 2. The summed E-state index contributed by atoms with van der Waals surface area (Å²) < 4.78 is 2.28. The van der Waals surface area contributed by atoms with Gasteiger partial charge >= 0.3 is 0 Å². The Morgan fingerprint density at radius 1 is 1.24 bits per heavy atom. The molecular formula is C13H13Br2NS. The summed E-state index contributed by atoms with van der Waals surface area (Å²) in [6, 6.07) is 8.74. The molecule has 0 saturated heterocycles. The van der Waals surface area contributed by atoms with Crippen molar-refractivity contribution in [2.45, 2.75) is 13.0 Å². The van der Waals surface area contributed by atoms with Gasteiger partial charge in [0.05, 0.1) is 6.04 Å². The first-order valence-corrected chi connectivity index (χ1v) is 7.76. The SMILES string of the molecule is CNC(c1cc(Br)ccc1C)c1sccc1Br. The maximum atomic E-state index is 3.61. The topological polar surface area (TPSA) is 12.0 Å². The molecule has 1 N–H and O–H groups in total. The summed E-state index contributed by atoms with van der Waals surface area (Å²) in [5, 5.41) is 5.50. The molecule has 1 nitrogen and oxygen atoms in total. The van der Waals surface area contributed by atoms with Gasteiger partial charge in [0.15, 0.2) is 0 Å². The van der Waals surface area contributed by atoms with Gasteiger partial charge in [-0.05, 0) is 64.6 Å². The van der Waals surface area contributed by atoms with Crippen molar-refractivity contribution < 1.29 is 0 Å². The van der Waals surface area contributed by atoms with Crippen molar-refractivity contribution in [3.63, 3.8) is 0 Å². The molecule has 0 aliphatic heterocycles. The van der Waals surface area contributed by atoms with Crippen molar-refractivity contribution in [3.8, 4) is 0 Å².